The molecule has 2 aromatic heterocycles. The number of aromatic nitrogens is 3. The van der Waals surface area contributed by atoms with Crippen LogP contribution in [0.4, 0.5) is 5.82 Å². The van der Waals surface area contributed by atoms with Crippen molar-refractivity contribution in [3.63, 3.8) is 0 Å². The first-order valence-electron chi connectivity index (χ1n) is 7.28. The van der Waals surface area contributed by atoms with E-state index in [1.807, 2.05) is 18.2 Å². The summed E-state index contributed by atoms with van der Waals surface area (Å²) in [7, 11) is 1.74. The Balaban J connectivity index is 1.78. The fourth-order valence-corrected chi connectivity index (χ4v) is 2.73. The summed E-state index contributed by atoms with van der Waals surface area (Å²) in [4.78, 5) is 6.73. The summed E-state index contributed by atoms with van der Waals surface area (Å²) >= 11 is 0. The van der Waals surface area contributed by atoms with Gasteiger partial charge in [0.2, 0.25) is 0 Å². The van der Waals surface area contributed by atoms with Gasteiger partial charge in [-0.3, -0.25) is 4.90 Å². The molecule has 1 aliphatic rings. The zero-order valence-corrected chi connectivity index (χ0v) is 12.3. The zero-order valence-electron chi connectivity index (χ0n) is 12.3. The van der Waals surface area contributed by atoms with Crippen molar-refractivity contribution in [2.45, 2.75) is 19.4 Å². The Morgan fingerprint density at radius 1 is 1.38 bits per heavy atom. The van der Waals surface area contributed by atoms with Gasteiger partial charge in [-0.1, -0.05) is 6.07 Å². The van der Waals surface area contributed by atoms with Crippen LogP contribution in [0.1, 0.15) is 17.7 Å². The van der Waals surface area contributed by atoms with Crippen LogP contribution in [-0.2, 0) is 17.7 Å². The maximum Gasteiger partial charge on any atom is 0.155 e. The Labute approximate surface area is 124 Å². The minimum Gasteiger partial charge on any atom is -0.385 e. The highest BCUT2D eigenvalue weighted by Gasteiger charge is 2.23. The number of pyridine rings is 1. The van der Waals surface area contributed by atoms with Gasteiger partial charge in [-0.2, -0.15) is 9.78 Å². The van der Waals surface area contributed by atoms with Crippen LogP contribution >= 0.6 is 0 Å². The predicted octanol–water partition coefficient (Wildman–Crippen LogP) is 1.24. The molecule has 0 radical (unpaired) electrons. The molecule has 0 atom stereocenters. The van der Waals surface area contributed by atoms with Crippen molar-refractivity contribution >= 4 is 5.82 Å². The summed E-state index contributed by atoms with van der Waals surface area (Å²) in [5.41, 5.74) is 8.52. The van der Waals surface area contributed by atoms with E-state index in [2.05, 4.69) is 15.0 Å². The number of nitrogens with zero attached hydrogens (tertiary/aromatic N) is 4. The molecular weight excluding hydrogens is 266 g/mol. The van der Waals surface area contributed by atoms with Crippen molar-refractivity contribution in [3.8, 4) is 5.82 Å². The number of ether oxygens (including phenoxy) is 1. The number of hydrogen-bond acceptors (Lipinski definition) is 5. The molecule has 2 aromatic rings. The zero-order chi connectivity index (χ0) is 14.7. The first kappa shape index (κ1) is 14.0. The Morgan fingerprint density at radius 2 is 2.29 bits per heavy atom. The van der Waals surface area contributed by atoms with Gasteiger partial charge < -0.3 is 10.5 Å². The first-order chi connectivity index (χ1) is 10.3. The van der Waals surface area contributed by atoms with Crippen LogP contribution in [-0.4, -0.2) is 46.5 Å². The third-order valence-electron chi connectivity index (χ3n) is 3.84. The van der Waals surface area contributed by atoms with Crippen molar-refractivity contribution < 1.29 is 4.74 Å². The van der Waals surface area contributed by atoms with Gasteiger partial charge in [-0.05, 0) is 18.6 Å². The largest absolute Gasteiger partial charge is 0.385 e. The number of anilines is 1. The second kappa shape index (κ2) is 6.24. The summed E-state index contributed by atoms with van der Waals surface area (Å²) in [6.45, 7) is 3.71. The number of methoxy groups -OCH3 is 1. The number of nitrogens with two attached hydrogens (primary N) is 1. The van der Waals surface area contributed by atoms with Crippen LogP contribution in [0.2, 0.25) is 0 Å². The molecule has 0 bridgehead atoms. The second-order valence-corrected chi connectivity index (χ2v) is 5.28. The lowest BCUT2D eigenvalue weighted by atomic mass is 10.1. The number of hydrogen-bond donors (Lipinski definition) is 1. The molecule has 6 heteroatoms. The highest BCUT2D eigenvalue weighted by Crippen LogP contribution is 2.25. The fraction of sp³-hybridized carbons (Fsp3) is 0.467. The summed E-state index contributed by atoms with van der Waals surface area (Å²) in [5.74, 6) is 1.48. The number of rotatable bonds is 5. The van der Waals surface area contributed by atoms with E-state index in [1.54, 1.807) is 18.0 Å². The molecule has 0 saturated heterocycles. The third kappa shape index (κ3) is 2.91. The van der Waals surface area contributed by atoms with Crippen molar-refractivity contribution in [1.82, 2.24) is 19.7 Å². The van der Waals surface area contributed by atoms with Crippen LogP contribution in [0, 0.1) is 0 Å². The molecule has 2 N–H and O–H groups in total. The Hall–Kier alpha value is -1.92. The minimum absolute atomic E-state index is 0.708. The van der Waals surface area contributed by atoms with E-state index in [0.717, 1.165) is 56.2 Å². The van der Waals surface area contributed by atoms with Crippen molar-refractivity contribution in [2.24, 2.45) is 0 Å². The highest BCUT2D eigenvalue weighted by molar-refractivity contribution is 5.49. The minimum atomic E-state index is 0.708. The van der Waals surface area contributed by atoms with Crippen LogP contribution in [0.15, 0.2) is 24.4 Å². The molecule has 0 amide bonds. The number of nitrogen functional groups attached to an aromatic ring is 1. The summed E-state index contributed by atoms with van der Waals surface area (Å²) in [6.07, 6.45) is 3.74. The Morgan fingerprint density at radius 3 is 3.05 bits per heavy atom. The SMILES string of the molecule is COCCCN1CCc2nn(-c3ccccn3)c(N)c2C1. The standard InChI is InChI=1S/C15H21N5O/c1-21-10-4-8-19-9-6-13-12(11-19)15(16)20(18-13)14-5-2-3-7-17-14/h2-3,5,7H,4,6,8-11,16H2,1H3. The molecule has 0 aliphatic carbocycles. The monoisotopic (exact) mass is 287 g/mol. The molecule has 0 spiro atoms. The molecule has 21 heavy (non-hydrogen) atoms. The van der Waals surface area contributed by atoms with E-state index in [4.69, 9.17) is 10.5 Å². The summed E-state index contributed by atoms with van der Waals surface area (Å²) in [5, 5.41) is 4.63. The molecule has 0 aromatic carbocycles. The lowest BCUT2D eigenvalue weighted by Gasteiger charge is -2.26. The number of fused-ring (bicyclic) bond motifs is 1. The smallest absolute Gasteiger partial charge is 0.155 e. The molecular formula is C15H21N5O. The van der Waals surface area contributed by atoms with Crippen molar-refractivity contribution in [1.29, 1.82) is 0 Å². The van der Waals surface area contributed by atoms with Crippen LogP contribution < -0.4 is 5.73 Å². The maximum absolute atomic E-state index is 6.28. The second-order valence-electron chi connectivity index (χ2n) is 5.28. The molecule has 3 heterocycles. The van der Waals surface area contributed by atoms with Crippen LogP contribution in [0.3, 0.4) is 0 Å². The molecule has 6 nitrogen and oxygen atoms in total. The molecule has 0 unspecified atom stereocenters. The lowest BCUT2D eigenvalue weighted by molar-refractivity contribution is 0.167. The highest BCUT2D eigenvalue weighted by atomic mass is 16.5. The van der Waals surface area contributed by atoms with E-state index in [9.17, 15) is 0 Å². The molecule has 1 aliphatic heterocycles. The van der Waals surface area contributed by atoms with E-state index < -0.39 is 0 Å². The normalized spacial score (nSPS) is 15.1. The van der Waals surface area contributed by atoms with Gasteiger partial charge >= 0.3 is 0 Å². The maximum atomic E-state index is 6.28. The van der Waals surface area contributed by atoms with Gasteiger partial charge in [0.25, 0.3) is 0 Å². The topological polar surface area (TPSA) is 69.2 Å². The van der Waals surface area contributed by atoms with E-state index >= 15 is 0 Å². The average molecular weight is 287 g/mol. The Bertz CT molecular complexity index is 596. The van der Waals surface area contributed by atoms with Gasteiger partial charge in [-0.25, -0.2) is 4.98 Å². The third-order valence-corrected chi connectivity index (χ3v) is 3.84. The van der Waals surface area contributed by atoms with Gasteiger partial charge in [0.05, 0.1) is 5.69 Å². The van der Waals surface area contributed by atoms with E-state index in [0.29, 0.717) is 5.82 Å². The summed E-state index contributed by atoms with van der Waals surface area (Å²) in [6, 6.07) is 5.76. The van der Waals surface area contributed by atoms with E-state index in [1.165, 1.54) is 0 Å². The van der Waals surface area contributed by atoms with Gasteiger partial charge in [0, 0.05) is 51.5 Å². The fourth-order valence-electron chi connectivity index (χ4n) is 2.73. The van der Waals surface area contributed by atoms with Gasteiger partial charge in [0.1, 0.15) is 5.82 Å². The average Bonchev–Trinajstić information content (AvgIpc) is 2.85. The summed E-state index contributed by atoms with van der Waals surface area (Å²) < 4.78 is 6.87. The van der Waals surface area contributed by atoms with Crippen LogP contribution in [0.25, 0.3) is 5.82 Å². The molecule has 0 fully saturated rings. The molecule has 112 valence electrons. The molecule has 0 saturated carbocycles. The van der Waals surface area contributed by atoms with Crippen molar-refractivity contribution in [2.75, 3.05) is 32.5 Å². The lowest BCUT2D eigenvalue weighted by Crippen LogP contribution is -2.31. The Kier molecular flexibility index (Phi) is 4.17. The molecule has 3 rings (SSSR count). The van der Waals surface area contributed by atoms with Gasteiger partial charge in [-0.15, -0.1) is 0 Å². The van der Waals surface area contributed by atoms with Crippen LogP contribution in [0.5, 0.6) is 0 Å². The van der Waals surface area contributed by atoms with Crippen molar-refractivity contribution in [3.05, 3.63) is 35.7 Å². The van der Waals surface area contributed by atoms with E-state index in [-0.39, 0.29) is 0 Å². The first-order valence-corrected chi connectivity index (χ1v) is 7.28. The van der Waals surface area contributed by atoms with Gasteiger partial charge in [0.15, 0.2) is 5.82 Å². The predicted molar refractivity (Wildman–Crippen MR) is 81.2 cm³/mol. The quantitative estimate of drug-likeness (QED) is 0.838.